The number of hydrogen-bond donors (Lipinski definition) is 3. The van der Waals surface area contributed by atoms with Gasteiger partial charge in [-0.25, -0.2) is 4.39 Å². The minimum Gasteiger partial charge on any atom is -0.368 e. The zero-order chi connectivity index (χ0) is 20.7. The van der Waals surface area contributed by atoms with Gasteiger partial charge in [-0.1, -0.05) is 36.4 Å². The number of nitrogens with one attached hydrogen (secondary N) is 2. The first kappa shape index (κ1) is 21.1. The third-order valence-electron chi connectivity index (χ3n) is 4.39. The van der Waals surface area contributed by atoms with E-state index in [2.05, 4.69) is 10.6 Å². The lowest BCUT2D eigenvalue weighted by Gasteiger charge is -2.22. The van der Waals surface area contributed by atoms with E-state index in [4.69, 9.17) is 5.73 Å². The highest BCUT2D eigenvalue weighted by molar-refractivity contribution is 5.91. The predicted molar refractivity (Wildman–Crippen MR) is 104 cm³/mol. The van der Waals surface area contributed by atoms with Crippen molar-refractivity contribution in [2.45, 2.75) is 38.8 Å². The molecule has 0 heterocycles. The van der Waals surface area contributed by atoms with E-state index in [0.29, 0.717) is 5.56 Å². The number of amides is 3. The third kappa shape index (κ3) is 6.19. The lowest BCUT2D eigenvalue weighted by atomic mass is 9.99. The minimum atomic E-state index is -0.918. The fraction of sp³-hybridized carbons (Fsp3) is 0.286. The molecule has 0 unspecified atom stereocenters. The summed E-state index contributed by atoms with van der Waals surface area (Å²) < 4.78 is 13.1. The number of benzene rings is 2. The van der Waals surface area contributed by atoms with E-state index >= 15 is 0 Å². The van der Waals surface area contributed by atoms with Crippen molar-refractivity contribution in [1.29, 1.82) is 0 Å². The van der Waals surface area contributed by atoms with Crippen LogP contribution < -0.4 is 16.4 Å². The summed E-state index contributed by atoms with van der Waals surface area (Å²) in [7, 11) is 0. The Bertz CT molecular complexity index is 852. The van der Waals surface area contributed by atoms with Crippen LogP contribution in [0.1, 0.15) is 23.6 Å². The lowest BCUT2D eigenvalue weighted by molar-refractivity contribution is -0.130. The van der Waals surface area contributed by atoms with E-state index in [1.165, 1.54) is 31.2 Å². The average molecular weight is 385 g/mol. The summed E-state index contributed by atoms with van der Waals surface area (Å²) in [4.78, 5) is 36.1. The van der Waals surface area contributed by atoms with Gasteiger partial charge < -0.3 is 16.4 Å². The van der Waals surface area contributed by atoms with Crippen LogP contribution in [0.25, 0.3) is 0 Å². The standard InChI is InChI=1S/C21H24FN3O3/c1-13-5-3-4-6-16(13)12-18(20(23)27)25-21(28)19(24-14(2)26)11-15-7-9-17(22)10-8-15/h3-10,18-19H,11-12H2,1-2H3,(H2,23,27)(H,24,26)(H,25,28)/t18-,19-/m1/s1. The molecular weight excluding hydrogens is 361 g/mol. The Kier molecular flexibility index (Phi) is 7.26. The largest absolute Gasteiger partial charge is 0.368 e. The summed E-state index contributed by atoms with van der Waals surface area (Å²) in [6.45, 7) is 3.20. The molecule has 0 aliphatic carbocycles. The number of halogens is 1. The summed E-state index contributed by atoms with van der Waals surface area (Å²) in [6, 6.07) is 11.3. The molecule has 0 spiro atoms. The van der Waals surface area contributed by atoms with Gasteiger partial charge >= 0.3 is 0 Å². The van der Waals surface area contributed by atoms with Crippen LogP contribution in [0.15, 0.2) is 48.5 Å². The molecule has 3 amide bonds. The summed E-state index contributed by atoms with van der Waals surface area (Å²) in [5, 5.41) is 5.19. The molecule has 0 aliphatic rings. The molecule has 0 bridgehead atoms. The second kappa shape index (κ2) is 9.64. The predicted octanol–water partition coefficient (Wildman–Crippen LogP) is 1.39. The van der Waals surface area contributed by atoms with Crippen molar-refractivity contribution in [2.75, 3.05) is 0 Å². The van der Waals surface area contributed by atoms with Crippen molar-refractivity contribution < 1.29 is 18.8 Å². The highest BCUT2D eigenvalue weighted by atomic mass is 19.1. The molecule has 0 fully saturated rings. The van der Waals surface area contributed by atoms with E-state index in [9.17, 15) is 18.8 Å². The summed E-state index contributed by atoms with van der Waals surface area (Å²) in [5.41, 5.74) is 8.01. The van der Waals surface area contributed by atoms with Crippen LogP contribution in [-0.4, -0.2) is 29.8 Å². The molecule has 6 nitrogen and oxygen atoms in total. The first-order chi connectivity index (χ1) is 13.3. The van der Waals surface area contributed by atoms with Crippen LogP contribution in [0.3, 0.4) is 0 Å². The van der Waals surface area contributed by atoms with Crippen LogP contribution in [0, 0.1) is 12.7 Å². The maximum absolute atomic E-state index is 13.1. The molecule has 2 atom stereocenters. The van der Waals surface area contributed by atoms with E-state index in [1.807, 2.05) is 31.2 Å². The van der Waals surface area contributed by atoms with Crippen LogP contribution in [0.5, 0.6) is 0 Å². The molecule has 2 aromatic rings. The van der Waals surface area contributed by atoms with Crippen LogP contribution in [-0.2, 0) is 27.2 Å². The van der Waals surface area contributed by atoms with Gasteiger partial charge in [0.2, 0.25) is 17.7 Å². The molecule has 7 heteroatoms. The smallest absolute Gasteiger partial charge is 0.243 e. The lowest BCUT2D eigenvalue weighted by Crippen LogP contribution is -2.54. The van der Waals surface area contributed by atoms with E-state index in [0.717, 1.165) is 11.1 Å². The Balaban J connectivity index is 2.14. The van der Waals surface area contributed by atoms with Crippen molar-refractivity contribution >= 4 is 17.7 Å². The molecule has 0 aromatic heterocycles. The first-order valence-corrected chi connectivity index (χ1v) is 8.92. The van der Waals surface area contributed by atoms with Crippen molar-refractivity contribution in [1.82, 2.24) is 10.6 Å². The second-order valence-corrected chi connectivity index (χ2v) is 6.68. The number of rotatable bonds is 8. The monoisotopic (exact) mass is 385 g/mol. The quantitative estimate of drug-likeness (QED) is 0.640. The highest BCUT2D eigenvalue weighted by Gasteiger charge is 2.25. The Hall–Kier alpha value is -3.22. The maximum Gasteiger partial charge on any atom is 0.243 e. The number of carbonyl (C=O) groups excluding carboxylic acids is 3. The topological polar surface area (TPSA) is 101 Å². The molecule has 0 saturated heterocycles. The zero-order valence-electron chi connectivity index (χ0n) is 15.9. The van der Waals surface area contributed by atoms with Crippen molar-refractivity contribution in [3.05, 3.63) is 71.0 Å². The number of primary amides is 1. The molecule has 0 radical (unpaired) electrons. The van der Waals surface area contributed by atoms with Gasteiger partial charge in [0.05, 0.1) is 0 Å². The summed E-state index contributed by atoms with van der Waals surface area (Å²) in [6.07, 6.45) is 0.401. The highest BCUT2D eigenvalue weighted by Crippen LogP contribution is 2.11. The molecule has 28 heavy (non-hydrogen) atoms. The summed E-state index contributed by atoms with van der Waals surface area (Å²) in [5.74, 6) is -1.98. The van der Waals surface area contributed by atoms with Gasteiger partial charge in [-0.15, -0.1) is 0 Å². The Morgan fingerprint density at radius 1 is 0.964 bits per heavy atom. The molecular formula is C21H24FN3O3. The van der Waals surface area contributed by atoms with Crippen LogP contribution in [0.2, 0.25) is 0 Å². The fourth-order valence-electron chi connectivity index (χ4n) is 2.86. The molecule has 148 valence electrons. The number of hydrogen-bond acceptors (Lipinski definition) is 3. The summed E-state index contributed by atoms with van der Waals surface area (Å²) >= 11 is 0. The normalized spacial score (nSPS) is 12.7. The van der Waals surface area contributed by atoms with Crippen molar-refractivity contribution in [3.63, 3.8) is 0 Å². The SMILES string of the molecule is CC(=O)N[C@H](Cc1ccc(F)cc1)C(=O)N[C@H](Cc1ccccc1C)C(N)=O. The zero-order valence-corrected chi connectivity index (χ0v) is 15.9. The van der Waals surface area contributed by atoms with Gasteiger partial charge in [-0.05, 0) is 35.7 Å². The van der Waals surface area contributed by atoms with Gasteiger partial charge in [0, 0.05) is 19.8 Å². The molecule has 4 N–H and O–H groups in total. The van der Waals surface area contributed by atoms with E-state index in [-0.39, 0.29) is 12.8 Å². The van der Waals surface area contributed by atoms with Gasteiger partial charge in [0.1, 0.15) is 17.9 Å². The Morgan fingerprint density at radius 3 is 2.18 bits per heavy atom. The molecule has 2 aromatic carbocycles. The Morgan fingerprint density at radius 2 is 1.61 bits per heavy atom. The second-order valence-electron chi connectivity index (χ2n) is 6.68. The third-order valence-corrected chi connectivity index (χ3v) is 4.39. The molecule has 0 aliphatic heterocycles. The minimum absolute atomic E-state index is 0.154. The fourth-order valence-corrected chi connectivity index (χ4v) is 2.86. The Labute approximate surface area is 163 Å². The first-order valence-electron chi connectivity index (χ1n) is 8.92. The van der Waals surface area contributed by atoms with Crippen LogP contribution >= 0.6 is 0 Å². The van der Waals surface area contributed by atoms with Crippen molar-refractivity contribution in [3.8, 4) is 0 Å². The van der Waals surface area contributed by atoms with Gasteiger partial charge in [0.25, 0.3) is 0 Å². The van der Waals surface area contributed by atoms with E-state index in [1.54, 1.807) is 0 Å². The number of aryl methyl sites for hydroxylation is 1. The van der Waals surface area contributed by atoms with Crippen molar-refractivity contribution in [2.24, 2.45) is 5.73 Å². The van der Waals surface area contributed by atoms with Crippen LogP contribution in [0.4, 0.5) is 4.39 Å². The van der Waals surface area contributed by atoms with Gasteiger partial charge in [-0.3, -0.25) is 14.4 Å². The molecule has 2 rings (SSSR count). The van der Waals surface area contributed by atoms with Gasteiger partial charge in [0.15, 0.2) is 0 Å². The van der Waals surface area contributed by atoms with E-state index < -0.39 is 35.6 Å². The maximum atomic E-state index is 13.1. The average Bonchev–Trinajstić information content (AvgIpc) is 2.63. The van der Waals surface area contributed by atoms with Gasteiger partial charge in [-0.2, -0.15) is 0 Å². The molecule has 0 saturated carbocycles. The number of nitrogens with two attached hydrogens (primary N) is 1. The number of carbonyl (C=O) groups is 3.